The maximum Gasteiger partial charge on any atom is 0.172 e. The summed E-state index contributed by atoms with van der Waals surface area (Å²) in [6.07, 6.45) is 0. The second kappa shape index (κ2) is 6.67. The molecular formula is C15H24N4O2. The number of hydrogen-bond donors (Lipinski definition) is 2. The number of benzene rings is 1. The van der Waals surface area contributed by atoms with Crippen LogP contribution >= 0.6 is 0 Å². The van der Waals surface area contributed by atoms with E-state index in [1.165, 1.54) is 0 Å². The Labute approximate surface area is 125 Å². The van der Waals surface area contributed by atoms with Crippen molar-refractivity contribution in [1.82, 2.24) is 4.90 Å². The maximum atomic E-state index is 8.97. The van der Waals surface area contributed by atoms with Gasteiger partial charge in [0.1, 0.15) is 5.75 Å². The first kappa shape index (κ1) is 15.4. The summed E-state index contributed by atoms with van der Waals surface area (Å²) in [5.74, 6) is 0.892. The van der Waals surface area contributed by atoms with Crippen molar-refractivity contribution in [3.63, 3.8) is 0 Å². The average molecular weight is 292 g/mol. The van der Waals surface area contributed by atoms with Gasteiger partial charge in [-0.3, -0.25) is 4.90 Å². The Balaban J connectivity index is 2.33. The van der Waals surface area contributed by atoms with E-state index in [1.54, 1.807) is 7.11 Å². The van der Waals surface area contributed by atoms with Crippen molar-refractivity contribution in [3.8, 4) is 5.75 Å². The number of ether oxygens (including phenoxy) is 1. The second-order valence-electron chi connectivity index (χ2n) is 5.29. The number of nitrogens with two attached hydrogens (primary N) is 1. The molecule has 1 unspecified atom stereocenters. The lowest BCUT2D eigenvalue weighted by atomic mass is 10.1. The smallest absolute Gasteiger partial charge is 0.172 e. The molecule has 1 heterocycles. The summed E-state index contributed by atoms with van der Waals surface area (Å²) < 4.78 is 5.30. The summed E-state index contributed by atoms with van der Waals surface area (Å²) in [7, 11) is 1.64. The first-order chi connectivity index (χ1) is 10.1. The van der Waals surface area contributed by atoms with Crippen LogP contribution in [0.5, 0.6) is 5.75 Å². The van der Waals surface area contributed by atoms with E-state index < -0.39 is 0 Å². The first-order valence-electron chi connectivity index (χ1n) is 7.25. The van der Waals surface area contributed by atoms with Gasteiger partial charge in [-0.2, -0.15) is 0 Å². The lowest BCUT2D eigenvalue weighted by Gasteiger charge is -2.41. The Hall–Kier alpha value is -1.95. The Bertz CT molecular complexity index is 518. The molecule has 0 spiro atoms. The first-order valence-corrected chi connectivity index (χ1v) is 7.25. The molecule has 0 saturated carbocycles. The molecule has 0 aromatic heterocycles. The number of methoxy groups -OCH3 is 1. The van der Waals surface area contributed by atoms with E-state index in [0.717, 1.165) is 43.2 Å². The van der Waals surface area contributed by atoms with Gasteiger partial charge in [-0.05, 0) is 25.6 Å². The quantitative estimate of drug-likeness (QED) is 0.379. The van der Waals surface area contributed by atoms with E-state index >= 15 is 0 Å². The molecule has 1 aromatic carbocycles. The molecule has 6 nitrogen and oxygen atoms in total. The largest absolute Gasteiger partial charge is 0.497 e. The summed E-state index contributed by atoms with van der Waals surface area (Å²) in [6.45, 7) is 8.28. The van der Waals surface area contributed by atoms with Gasteiger partial charge >= 0.3 is 0 Å². The van der Waals surface area contributed by atoms with Gasteiger partial charge in [-0.25, -0.2) is 0 Å². The van der Waals surface area contributed by atoms with Gasteiger partial charge in [0.25, 0.3) is 0 Å². The van der Waals surface area contributed by atoms with Crippen LogP contribution < -0.4 is 15.4 Å². The van der Waals surface area contributed by atoms with Crippen molar-refractivity contribution >= 4 is 11.5 Å². The molecule has 3 N–H and O–H groups in total. The van der Waals surface area contributed by atoms with Gasteiger partial charge in [-0.1, -0.05) is 12.1 Å². The Morgan fingerprint density at radius 2 is 2.24 bits per heavy atom. The van der Waals surface area contributed by atoms with Crippen LogP contribution in [0.3, 0.4) is 0 Å². The SMILES string of the molecule is CCN1CCN(c2cc(OC)ccc2/C(N)=N/O)CC1C. The number of rotatable bonds is 4. The van der Waals surface area contributed by atoms with Gasteiger partial charge in [0.2, 0.25) is 0 Å². The molecule has 0 radical (unpaired) electrons. The molecule has 1 fully saturated rings. The molecule has 116 valence electrons. The standard InChI is InChI=1S/C15H24N4O2/c1-4-18-7-8-19(10-11(18)2)14-9-12(21-3)5-6-13(14)15(16)17-20/h5-6,9,11,20H,4,7-8,10H2,1-3H3,(H2,16,17). The van der Waals surface area contributed by atoms with Crippen molar-refractivity contribution < 1.29 is 9.94 Å². The van der Waals surface area contributed by atoms with Crippen LogP contribution in [-0.2, 0) is 0 Å². The Morgan fingerprint density at radius 3 is 2.81 bits per heavy atom. The highest BCUT2D eigenvalue weighted by Crippen LogP contribution is 2.28. The van der Waals surface area contributed by atoms with Gasteiger partial charge in [0.05, 0.1) is 12.8 Å². The maximum absolute atomic E-state index is 8.97. The van der Waals surface area contributed by atoms with E-state index in [1.807, 2.05) is 18.2 Å². The van der Waals surface area contributed by atoms with E-state index in [0.29, 0.717) is 6.04 Å². The third-order valence-electron chi connectivity index (χ3n) is 4.10. The summed E-state index contributed by atoms with van der Waals surface area (Å²) >= 11 is 0. The molecule has 1 saturated heterocycles. The van der Waals surface area contributed by atoms with Gasteiger partial charge in [0.15, 0.2) is 5.84 Å². The number of oxime groups is 1. The summed E-state index contributed by atoms with van der Waals surface area (Å²) in [4.78, 5) is 4.71. The van der Waals surface area contributed by atoms with Gasteiger partial charge in [0, 0.05) is 37.3 Å². The van der Waals surface area contributed by atoms with Crippen molar-refractivity contribution in [2.24, 2.45) is 10.9 Å². The van der Waals surface area contributed by atoms with Gasteiger partial charge < -0.3 is 20.6 Å². The summed E-state index contributed by atoms with van der Waals surface area (Å²) in [6, 6.07) is 6.07. The summed E-state index contributed by atoms with van der Waals surface area (Å²) in [5.41, 5.74) is 7.49. The number of nitrogens with zero attached hydrogens (tertiary/aromatic N) is 3. The molecule has 6 heteroatoms. The molecule has 1 atom stereocenters. The fourth-order valence-corrected chi connectivity index (χ4v) is 2.85. The van der Waals surface area contributed by atoms with Crippen molar-refractivity contribution in [2.45, 2.75) is 19.9 Å². The highest BCUT2D eigenvalue weighted by molar-refractivity contribution is 6.02. The molecule has 1 aromatic rings. The lowest BCUT2D eigenvalue weighted by molar-refractivity contribution is 0.199. The lowest BCUT2D eigenvalue weighted by Crippen LogP contribution is -2.52. The fraction of sp³-hybridized carbons (Fsp3) is 0.533. The van der Waals surface area contributed by atoms with E-state index in [-0.39, 0.29) is 5.84 Å². The number of hydrogen-bond acceptors (Lipinski definition) is 5. The van der Waals surface area contributed by atoms with Crippen LogP contribution in [0.1, 0.15) is 19.4 Å². The van der Waals surface area contributed by atoms with Gasteiger partial charge in [-0.15, -0.1) is 0 Å². The Morgan fingerprint density at radius 1 is 1.48 bits per heavy atom. The zero-order valence-electron chi connectivity index (χ0n) is 12.9. The predicted molar refractivity (Wildman–Crippen MR) is 84.4 cm³/mol. The number of anilines is 1. The van der Waals surface area contributed by atoms with Crippen LogP contribution in [-0.4, -0.2) is 55.3 Å². The van der Waals surface area contributed by atoms with Crippen LogP contribution in [0.4, 0.5) is 5.69 Å². The molecule has 0 amide bonds. The zero-order chi connectivity index (χ0) is 15.4. The average Bonchev–Trinajstić information content (AvgIpc) is 2.53. The number of piperazine rings is 1. The third-order valence-corrected chi connectivity index (χ3v) is 4.10. The van der Waals surface area contributed by atoms with Crippen LogP contribution in [0, 0.1) is 0 Å². The van der Waals surface area contributed by atoms with E-state index in [4.69, 9.17) is 15.7 Å². The fourth-order valence-electron chi connectivity index (χ4n) is 2.85. The molecule has 2 rings (SSSR count). The highest BCUT2D eigenvalue weighted by atomic mass is 16.5. The van der Waals surface area contributed by atoms with Crippen molar-refractivity contribution in [2.75, 3.05) is 38.2 Å². The van der Waals surface area contributed by atoms with Crippen LogP contribution in [0.2, 0.25) is 0 Å². The molecule has 1 aliphatic heterocycles. The molecular weight excluding hydrogens is 268 g/mol. The topological polar surface area (TPSA) is 74.3 Å². The predicted octanol–water partition coefficient (Wildman–Crippen LogP) is 1.32. The Kier molecular flexibility index (Phi) is 4.90. The van der Waals surface area contributed by atoms with Crippen LogP contribution in [0.15, 0.2) is 23.4 Å². The second-order valence-corrected chi connectivity index (χ2v) is 5.29. The normalized spacial score (nSPS) is 20.6. The third kappa shape index (κ3) is 3.21. The van der Waals surface area contributed by atoms with Crippen molar-refractivity contribution in [1.29, 1.82) is 0 Å². The molecule has 0 aliphatic carbocycles. The van der Waals surface area contributed by atoms with Crippen LogP contribution in [0.25, 0.3) is 0 Å². The highest BCUT2D eigenvalue weighted by Gasteiger charge is 2.25. The number of amidine groups is 1. The minimum atomic E-state index is 0.123. The minimum absolute atomic E-state index is 0.123. The van der Waals surface area contributed by atoms with E-state index in [2.05, 4.69) is 28.8 Å². The molecule has 0 bridgehead atoms. The minimum Gasteiger partial charge on any atom is -0.497 e. The zero-order valence-corrected chi connectivity index (χ0v) is 12.9. The van der Waals surface area contributed by atoms with Crippen molar-refractivity contribution in [3.05, 3.63) is 23.8 Å². The van der Waals surface area contributed by atoms with E-state index in [9.17, 15) is 0 Å². The molecule has 21 heavy (non-hydrogen) atoms. The molecule has 1 aliphatic rings. The number of likely N-dealkylation sites (N-methyl/N-ethyl adjacent to an activating group) is 1. The monoisotopic (exact) mass is 292 g/mol. The summed E-state index contributed by atoms with van der Waals surface area (Å²) in [5, 5.41) is 12.1.